The molecule has 0 bridgehead atoms. The number of carbonyl (C=O) groups is 6. The summed E-state index contributed by atoms with van der Waals surface area (Å²) in [6.45, 7) is 29.9. The fourth-order valence-corrected chi connectivity index (χ4v) is 9.39. The molecule has 69 heavy (non-hydrogen) atoms. The van der Waals surface area contributed by atoms with Gasteiger partial charge in [-0.3, -0.25) is 24.0 Å². The van der Waals surface area contributed by atoms with Crippen LogP contribution in [0.5, 0.6) is 0 Å². The van der Waals surface area contributed by atoms with Crippen LogP contribution in [0.4, 0.5) is 0 Å². The molecule has 2 N–H and O–H groups in total. The Balaban J connectivity index is 3.51. The summed E-state index contributed by atoms with van der Waals surface area (Å²) in [4.78, 5) is 85.4. The predicted molar refractivity (Wildman–Crippen MR) is 284 cm³/mol. The quantitative estimate of drug-likeness (QED) is 0.0183. The SMILES string of the molecule is C/C=C(\C)[C@@H](O[Si](C)(C)C(C)(C)C)[C@@H](C)[C@H](C/C=C(\C)C(=O)O[C@H](CC(C)C)C(=O)N[C@@H](CCCCC)C(=O)N(C)[C@H](Cc1ccccc1)C(=O)N(C)CC(=O)N[C@H](C(C)=O)C(C)CC)OCSC. The van der Waals surface area contributed by atoms with Crippen molar-refractivity contribution in [3.63, 3.8) is 0 Å². The zero-order valence-electron chi connectivity index (χ0n) is 45.8. The van der Waals surface area contributed by atoms with Gasteiger partial charge in [-0.25, -0.2) is 4.79 Å². The number of unbranched alkanes of at least 4 members (excludes halogenated alkanes) is 2. The number of thioether (sulfide) groups is 1. The van der Waals surface area contributed by atoms with Crippen LogP contribution >= 0.6 is 11.8 Å². The second-order valence-electron chi connectivity index (χ2n) is 20.9. The zero-order valence-corrected chi connectivity index (χ0v) is 47.6. The molecule has 0 aliphatic heterocycles. The number of nitrogens with zero attached hydrogens (tertiary/aromatic N) is 2. The third-order valence-electron chi connectivity index (χ3n) is 13.6. The number of nitrogens with one attached hydrogen (secondary N) is 2. The molecular weight excluding hydrogens is 909 g/mol. The highest BCUT2D eigenvalue weighted by molar-refractivity contribution is 7.98. The lowest BCUT2D eigenvalue weighted by Crippen LogP contribution is -2.57. The van der Waals surface area contributed by atoms with E-state index in [1.165, 1.54) is 30.8 Å². The molecule has 1 unspecified atom stereocenters. The largest absolute Gasteiger partial charge is 0.449 e. The van der Waals surface area contributed by atoms with Gasteiger partial charge in [0.25, 0.3) is 5.91 Å². The molecule has 392 valence electrons. The zero-order chi connectivity index (χ0) is 52.8. The maximum absolute atomic E-state index is 14.7. The van der Waals surface area contributed by atoms with Gasteiger partial charge in [0.2, 0.25) is 17.7 Å². The van der Waals surface area contributed by atoms with E-state index in [9.17, 15) is 28.8 Å². The smallest absolute Gasteiger partial charge is 0.334 e. The third kappa shape index (κ3) is 21.2. The number of carbonyl (C=O) groups excluding carboxylic acids is 6. The van der Waals surface area contributed by atoms with Crippen LogP contribution in [0, 0.1) is 17.8 Å². The molecule has 1 aromatic carbocycles. The van der Waals surface area contributed by atoms with E-state index in [-0.39, 0.29) is 60.2 Å². The van der Waals surface area contributed by atoms with Crippen molar-refractivity contribution in [1.82, 2.24) is 20.4 Å². The molecule has 8 atom stereocenters. The van der Waals surface area contributed by atoms with E-state index < -0.39 is 62.1 Å². The Hall–Kier alpha value is -3.79. The molecular formula is C54H92N4O9SSi. The Morgan fingerprint density at radius 2 is 1.52 bits per heavy atom. The third-order valence-corrected chi connectivity index (χ3v) is 18.4. The molecule has 15 heteroatoms. The van der Waals surface area contributed by atoms with E-state index >= 15 is 0 Å². The van der Waals surface area contributed by atoms with Crippen molar-refractivity contribution < 1.29 is 42.7 Å². The van der Waals surface area contributed by atoms with Crippen LogP contribution in [0.2, 0.25) is 18.1 Å². The van der Waals surface area contributed by atoms with E-state index in [1.54, 1.807) is 18.7 Å². The van der Waals surface area contributed by atoms with Gasteiger partial charge >= 0.3 is 5.97 Å². The topological polar surface area (TPSA) is 161 Å². The fraction of sp³-hybridized carbons (Fsp3) is 0.704. The normalized spacial score (nSPS) is 16.0. The molecule has 0 aliphatic carbocycles. The Kier molecular flexibility index (Phi) is 28.3. The number of benzene rings is 1. The molecule has 0 spiro atoms. The number of amides is 4. The number of hydrogen-bond acceptors (Lipinski definition) is 10. The van der Waals surface area contributed by atoms with Crippen molar-refractivity contribution in [2.24, 2.45) is 17.8 Å². The first-order valence-corrected chi connectivity index (χ1v) is 29.4. The van der Waals surface area contributed by atoms with E-state index in [0.717, 1.165) is 24.0 Å². The molecule has 1 rings (SSSR count). The summed E-state index contributed by atoms with van der Waals surface area (Å²) in [5.74, 6) is -2.59. The van der Waals surface area contributed by atoms with Crippen LogP contribution < -0.4 is 10.6 Å². The molecule has 0 aromatic heterocycles. The molecule has 0 heterocycles. The second-order valence-corrected chi connectivity index (χ2v) is 26.5. The Morgan fingerprint density at radius 3 is 2.04 bits per heavy atom. The molecule has 13 nitrogen and oxygen atoms in total. The number of Topliss-reactive ketones (excluding diaryl/α,β-unsaturated/α-hetero) is 1. The van der Waals surface area contributed by atoms with Crippen LogP contribution in [-0.4, -0.2) is 123 Å². The van der Waals surface area contributed by atoms with Crippen LogP contribution in [-0.2, 0) is 49.1 Å². The van der Waals surface area contributed by atoms with Crippen molar-refractivity contribution in [2.75, 3.05) is 32.8 Å². The summed E-state index contributed by atoms with van der Waals surface area (Å²) in [5, 5.41) is 5.73. The standard InChI is InChI=1S/C54H92N4O9SSi/c1-19-22-24-29-43(51(62)58(15)44(33-42-27-25-23-26-28-42)52(63)57(14)34-47(60)56-48(41(10)59)37(6)20-2)55-50(61)46(32-36(4)5)66-53(64)39(8)30-31-45(65-35-68-16)40(9)49(38(7)21-3)67-69(17,18)54(11,12)13/h21,23,25-28,30,36-37,40,43-46,48-49H,19-20,22,24,29,31-35H2,1-18H3,(H,55,61)(H,56,60)/b38-21+,39-30+/t37?,40-,43-,44+,45-,46+,48-,49+/m0/s1. The molecule has 1 aromatic rings. The lowest BCUT2D eigenvalue weighted by atomic mass is 9.90. The lowest BCUT2D eigenvalue weighted by molar-refractivity contribution is -0.154. The van der Waals surface area contributed by atoms with Gasteiger partial charge in [-0.1, -0.05) is 130 Å². The number of hydrogen-bond donors (Lipinski definition) is 2. The summed E-state index contributed by atoms with van der Waals surface area (Å²) >= 11 is 1.58. The Labute approximate surface area is 422 Å². The Morgan fingerprint density at radius 1 is 0.899 bits per heavy atom. The van der Waals surface area contributed by atoms with Crippen molar-refractivity contribution in [3.05, 3.63) is 59.2 Å². The van der Waals surface area contributed by atoms with Gasteiger partial charge in [0.1, 0.15) is 12.1 Å². The number of allylic oxidation sites excluding steroid dienone is 1. The molecule has 0 aliphatic rings. The van der Waals surface area contributed by atoms with Crippen LogP contribution in [0.1, 0.15) is 141 Å². The minimum atomic E-state index is -2.17. The minimum absolute atomic E-state index is 0.00406. The van der Waals surface area contributed by atoms with Crippen LogP contribution in [0.25, 0.3) is 0 Å². The lowest BCUT2D eigenvalue weighted by Gasteiger charge is -2.42. The fourth-order valence-electron chi connectivity index (χ4n) is 7.69. The number of esters is 1. The first-order valence-electron chi connectivity index (χ1n) is 25.1. The van der Waals surface area contributed by atoms with Crippen molar-refractivity contribution in [2.45, 2.75) is 196 Å². The average molecular weight is 1000 g/mol. The summed E-state index contributed by atoms with van der Waals surface area (Å²) < 4.78 is 19.4. The monoisotopic (exact) mass is 1000 g/mol. The van der Waals surface area contributed by atoms with Gasteiger partial charge in [0.05, 0.1) is 30.7 Å². The molecule has 0 radical (unpaired) electrons. The highest BCUT2D eigenvalue weighted by atomic mass is 32.2. The summed E-state index contributed by atoms with van der Waals surface area (Å²) in [6, 6.07) is 6.51. The van der Waals surface area contributed by atoms with Gasteiger partial charge in [-0.2, -0.15) is 0 Å². The highest BCUT2D eigenvalue weighted by Crippen LogP contribution is 2.40. The van der Waals surface area contributed by atoms with Gasteiger partial charge in [0, 0.05) is 32.0 Å². The van der Waals surface area contributed by atoms with Gasteiger partial charge in [-0.05, 0) is 94.3 Å². The van der Waals surface area contributed by atoms with E-state index in [0.29, 0.717) is 37.2 Å². The van der Waals surface area contributed by atoms with Crippen molar-refractivity contribution >= 4 is 55.5 Å². The van der Waals surface area contributed by atoms with Gasteiger partial charge < -0.3 is 34.3 Å². The van der Waals surface area contributed by atoms with Gasteiger partial charge in [0.15, 0.2) is 20.2 Å². The number of likely N-dealkylation sites (N-methyl/N-ethyl adjacent to an activating group) is 2. The second kappa shape index (κ2) is 30.8. The van der Waals surface area contributed by atoms with E-state index in [1.807, 2.05) is 84.2 Å². The summed E-state index contributed by atoms with van der Waals surface area (Å²) in [7, 11) is 0.864. The molecule has 0 saturated carbocycles. The molecule has 4 amide bonds. The first kappa shape index (κ1) is 63.2. The number of ketones is 1. The Bertz CT molecular complexity index is 1850. The first-order chi connectivity index (χ1) is 32.2. The molecule has 0 saturated heterocycles. The average Bonchev–Trinajstić information content (AvgIpc) is 3.29. The predicted octanol–water partition coefficient (Wildman–Crippen LogP) is 9.69. The maximum Gasteiger partial charge on any atom is 0.334 e. The molecule has 0 fully saturated rings. The summed E-state index contributed by atoms with van der Waals surface area (Å²) in [6.07, 6.45) is 8.25. The van der Waals surface area contributed by atoms with Crippen LogP contribution in [0.15, 0.2) is 53.6 Å². The number of rotatable bonds is 31. The highest BCUT2D eigenvalue weighted by Gasteiger charge is 2.42. The van der Waals surface area contributed by atoms with E-state index in [2.05, 4.69) is 64.4 Å². The van der Waals surface area contributed by atoms with Crippen molar-refractivity contribution in [3.8, 4) is 0 Å². The minimum Gasteiger partial charge on any atom is -0.449 e. The number of ether oxygens (including phenoxy) is 2. The summed E-state index contributed by atoms with van der Waals surface area (Å²) in [5.41, 5.74) is 2.25. The van der Waals surface area contributed by atoms with Crippen molar-refractivity contribution in [1.29, 1.82) is 0 Å². The van der Waals surface area contributed by atoms with Gasteiger partial charge in [-0.15, -0.1) is 11.8 Å². The van der Waals surface area contributed by atoms with Crippen LogP contribution in [0.3, 0.4) is 0 Å². The van der Waals surface area contributed by atoms with E-state index in [4.69, 9.17) is 13.9 Å². The maximum atomic E-state index is 14.7.